The quantitative estimate of drug-likeness (QED) is 0.521. The maximum Gasteiger partial charge on any atom is 0.291 e. The number of nitrogens with one attached hydrogen (secondary N) is 1. The third kappa shape index (κ3) is 6.92. The highest BCUT2D eigenvalue weighted by atomic mass is 32.1. The monoisotopic (exact) mass is 447 g/mol. The van der Waals surface area contributed by atoms with Crippen molar-refractivity contribution in [3.8, 4) is 0 Å². The van der Waals surface area contributed by atoms with Gasteiger partial charge in [-0.3, -0.25) is 14.5 Å². The molecule has 2 aromatic rings. The fourth-order valence-electron chi connectivity index (χ4n) is 3.61. The van der Waals surface area contributed by atoms with Crippen molar-refractivity contribution in [3.05, 3.63) is 40.7 Å². The minimum atomic E-state index is -0.311. The first kappa shape index (κ1) is 23.5. The zero-order chi connectivity index (χ0) is 22.1. The van der Waals surface area contributed by atoms with Gasteiger partial charge in [0.15, 0.2) is 5.76 Å². The largest absolute Gasteiger partial charge is 0.459 e. The lowest BCUT2D eigenvalue weighted by atomic mass is 10.2. The van der Waals surface area contributed by atoms with E-state index in [0.29, 0.717) is 16.4 Å². The summed E-state index contributed by atoms with van der Waals surface area (Å²) in [5.41, 5.74) is 0.884. The number of carbonyl (C=O) groups is 2. The van der Waals surface area contributed by atoms with Crippen LogP contribution < -0.4 is 5.32 Å². The normalized spacial score (nSPS) is 14.5. The molecule has 3 rings (SSSR count). The number of carbonyl (C=O) groups excluding carboxylic acids is 2. The first-order chi connectivity index (χ1) is 15.1. The fraction of sp³-hybridized carbons (Fsp3) is 0.565. The molecule has 0 bridgehead atoms. The van der Waals surface area contributed by atoms with Crippen LogP contribution >= 0.6 is 11.3 Å². The summed E-state index contributed by atoms with van der Waals surface area (Å²) in [5, 5.41) is 3.49. The van der Waals surface area contributed by atoms with Gasteiger partial charge in [0.1, 0.15) is 0 Å². The Morgan fingerprint density at radius 3 is 2.71 bits per heavy atom. The number of unbranched alkanes of at least 4 members (excludes halogenated alkanes) is 3. The highest BCUT2D eigenvalue weighted by Crippen LogP contribution is 2.28. The average molecular weight is 448 g/mol. The predicted octanol–water partition coefficient (Wildman–Crippen LogP) is 4.26. The van der Waals surface area contributed by atoms with Gasteiger partial charge in [0.2, 0.25) is 0 Å². The topological polar surface area (TPSA) is 75.0 Å². The molecule has 31 heavy (non-hydrogen) atoms. The van der Waals surface area contributed by atoms with Crippen molar-refractivity contribution in [1.29, 1.82) is 0 Å². The van der Waals surface area contributed by atoms with Crippen LogP contribution in [0.1, 0.15) is 58.4 Å². The van der Waals surface area contributed by atoms with Crippen LogP contribution in [-0.4, -0.2) is 67.6 Å². The summed E-state index contributed by atoms with van der Waals surface area (Å²) in [7, 11) is 0. The summed E-state index contributed by atoms with van der Waals surface area (Å²) < 4.78 is 10.6. The first-order valence-corrected chi connectivity index (χ1v) is 11.9. The molecule has 0 saturated carbocycles. The minimum Gasteiger partial charge on any atom is -0.459 e. The molecule has 0 unspecified atom stereocenters. The number of nitrogens with zero attached hydrogens (tertiary/aromatic N) is 2. The molecule has 7 nitrogen and oxygen atoms in total. The third-order valence-electron chi connectivity index (χ3n) is 5.45. The highest BCUT2D eigenvalue weighted by Gasteiger charge is 2.22. The van der Waals surface area contributed by atoms with E-state index in [1.807, 2.05) is 17.9 Å². The summed E-state index contributed by atoms with van der Waals surface area (Å²) in [6.07, 6.45) is 5.96. The number of hydrogen-bond acceptors (Lipinski definition) is 6. The van der Waals surface area contributed by atoms with Crippen LogP contribution in [-0.2, 0) is 4.74 Å². The van der Waals surface area contributed by atoms with E-state index < -0.39 is 0 Å². The van der Waals surface area contributed by atoms with Gasteiger partial charge in [0.05, 0.1) is 29.4 Å². The highest BCUT2D eigenvalue weighted by molar-refractivity contribution is 7.18. The summed E-state index contributed by atoms with van der Waals surface area (Å²) in [4.78, 5) is 30.7. The predicted molar refractivity (Wildman–Crippen MR) is 123 cm³/mol. The van der Waals surface area contributed by atoms with Gasteiger partial charge in [-0.25, -0.2) is 0 Å². The number of rotatable bonds is 11. The Morgan fingerprint density at radius 1 is 1.19 bits per heavy atom. The van der Waals surface area contributed by atoms with E-state index in [1.165, 1.54) is 30.4 Å². The molecule has 0 aliphatic carbocycles. The molecular weight excluding hydrogens is 414 g/mol. The maximum absolute atomic E-state index is 13.4. The zero-order valence-corrected chi connectivity index (χ0v) is 19.3. The molecule has 1 aliphatic rings. The van der Waals surface area contributed by atoms with Crippen molar-refractivity contribution in [3.63, 3.8) is 0 Å². The second-order valence-corrected chi connectivity index (χ2v) is 8.91. The lowest BCUT2D eigenvalue weighted by molar-refractivity contribution is 0.0324. The molecule has 1 N–H and O–H groups in total. The lowest BCUT2D eigenvalue weighted by Gasteiger charge is -2.30. The van der Waals surface area contributed by atoms with Crippen molar-refractivity contribution in [2.24, 2.45) is 0 Å². The van der Waals surface area contributed by atoms with Crippen LogP contribution in [0, 0.1) is 6.92 Å². The number of furan rings is 1. The van der Waals surface area contributed by atoms with Gasteiger partial charge < -0.3 is 19.4 Å². The van der Waals surface area contributed by atoms with Crippen molar-refractivity contribution in [2.45, 2.75) is 39.5 Å². The van der Waals surface area contributed by atoms with Crippen LogP contribution in [0.3, 0.4) is 0 Å². The van der Waals surface area contributed by atoms with Crippen LogP contribution in [0.25, 0.3) is 0 Å². The van der Waals surface area contributed by atoms with Crippen molar-refractivity contribution >= 4 is 28.2 Å². The molecule has 1 fully saturated rings. The summed E-state index contributed by atoms with van der Waals surface area (Å²) >= 11 is 1.33. The smallest absolute Gasteiger partial charge is 0.291 e. The molecule has 2 amide bonds. The van der Waals surface area contributed by atoms with Crippen LogP contribution in [0.5, 0.6) is 0 Å². The van der Waals surface area contributed by atoms with Gasteiger partial charge in [-0.15, -0.1) is 11.3 Å². The molecule has 8 heteroatoms. The number of anilines is 1. The second kappa shape index (κ2) is 12.0. The molecule has 1 aliphatic heterocycles. The standard InChI is InChI=1S/C23H33N3O4S/c1-3-4-5-6-9-26(11-10-25-12-15-29-16-13-25)23(28)21-18(2)17-20(31-21)24-22(27)19-8-7-14-30-19/h7-8,14,17H,3-6,9-13,15-16H2,1-2H3,(H,24,27). The molecule has 0 radical (unpaired) electrons. The summed E-state index contributed by atoms with van der Waals surface area (Å²) in [6.45, 7) is 9.77. The van der Waals surface area contributed by atoms with Crippen LogP contribution in [0.2, 0.25) is 0 Å². The lowest BCUT2D eigenvalue weighted by Crippen LogP contribution is -2.43. The average Bonchev–Trinajstić information content (AvgIpc) is 3.43. The van der Waals surface area contributed by atoms with Gasteiger partial charge in [0.25, 0.3) is 11.8 Å². The third-order valence-corrected chi connectivity index (χ3v) is 6.59. The number of thiophene rings is 1. The Hall–Kier alpha value is -2.16. The van der Waals surface area contributed by atoms with E-state index in [1.54, 1.807) is 12.1 Å². The van der Waals surface area contributed by atoms with E-state index in [-0.39, 0.29) is 17.6 Å². The number of morpholine rings is 1. The zero-order valence-electron chi connectivity index (χ0n) is 18.5. The van der Waals surface area contributed by atoms with Crippen molar-refractivity contribution in [2.75, 3.05) is 51.3 Å². The Labute approximate surface area is 188 Å². The molecule has 2 aromatic heterocycles. The van der Waals surface area contributed by atoms with E-state index in [9.17, 15) is 9.59 Å². The number of ether oxygens (including phenoxy) is 1. The Balaban J connectivity index is 1.65. The molecule has 0 atom stereocenters. The minimum absolute atomic E-state index is 0.0470. The van der Waals surface area contributed by atoms with Gasteiger partial charge in [-0.2, -0.15) is 0 Å². The maximum atomic E-state index is 13.4. The van der Waals surface area contributed by atoms with E-state index in [0.717, 1.165) is 57.8 Å². The number of hydrogen-bond donors (Lipinski definition) is 1. The van der Waals surface area contributed by atoms with E-state index in [4.69, 9.17) is 9.15 Å². The molecule has 3 heterocycles. The van der Waals surface area contributed by atoms with Gasteiger partial charge >= 0.3 is 0 Å². The summed E-state index contributed by atoms with van der Waals surface area (Å²) in [5.74, 6) is -0.0123. The SMILES string of the molecule is CCCCCCN(CCN1CCOCC1)C(=O)c1sc(NC(=O)c2ccco2)cc1C. The Morgan fingerprint density at radius 2 is 2.00 bits per heavy atom. The van der Waals surface area contributed by atoms with Crippen molar-refractivity contribution < 1.29 is 18.7 Å². The molecular formula is C23H33N3O4S. The number of amides is 2. The molecule has 170 valence electrons. The second-order valence-electron chi connectivity index (χ2n) is 7.86. The molecule has 0 aromatic carbocycles. The first-order valence-electron chi connectivity index (χ1n) is 11.1. The van der Waals surface area contributed by atoms with E-state index >= 15 is 0 Å². The molecule has 0 spiro atoms. The fourth-order valence-corrected chi connectivity index (χ4v) is 4.65. The van der Waals surface area contributed by atoms with Gasteiger partial charge in [-0.1, -0.05) is 26.2 Å². The van der Waals surface area contributed by atoms with E-state index in [2.05, 4.69) is 17.1 Å². The van der Waals surface area contributed by atoms with Crippen molar-refractivity contribution in [1.82, 2.24) is 9.80 Å². The summed E-state index contributed by atoms with van der Waals surface area (Å²) in [6, 6.07) is 5.15. The van der Waals surface area contributed by atoms with Gasteiger partial charge in [0, 0.05) is 32.7 Å². The van der Waals surface area contributed by atoms with Gasteiger partial charge in [-0.05, 0) is 37.1 Å². The Bertz CT molecular complexity index is 828. The Kier molecular flexibility index (Phi) is 9.12. The molecule has 1 saturated heterocycles. The number of aryl methyl sites for hydroxylation is 1. The van der Waals surface area contributed by atoms with Crippen LogP contribution in [0.15, 0.2) is 28.9 Å². The van der Waals surface area contributed by atoms with Crippen LogP contribution in [0.4, 0.5) is 5.00 Å².